The van der Waals surface area contributed by atoms with Gasteiger partial charge in [0.15, 0.2) is 11.5 Å². The van der Waals surface area contributed by atoms with Crippen LogP contribution >= 0.6 is 0 Å². The smallest absolute Gasteiger partial charge is 0.164 e. The van der Waals surface area contributed by atoms with E-state index in [2.05, 4.69) is 12.2 Å². The average molecular weight is 204 g/mol. The van der Waals surface area contributed by atoms with Crippen molar-refractivity contribution in [1.29, 1.82) is 0 Å². The zero-order valence-corrected chi connectivity index (χ0v) is 8.43. The first-order chi connectivity index (χ1) is 7.29. The first-order valence-electron chi connectivity index (χ1n) is 5.04. The van der Waals surface area contributed by atoms with E-state index in [9.17, 15) is 5.11 Å². The third-order valence-electron chi connectivity index (χ3n) is 3.09. The van der Waals surface area contributed by atoms with Crippen LogP contribution in [0.25, 0.3) is 0 Å². The lowest BCUT2D eigenvalue weighted by molar-refractivity contribution is 0.264. The van der Waals surface area contributed by atoms with Crippen molar-refractivity contribution in [2.75, 3.05) is 7.11 Å². The molecule has 0 spiro atoms. The van der Waals surface area contributed by atoms with Crippen LogP contribution < -0.4 is 9.47 Å². The first-order valence-corrected chi connectivity index (χ1v) is 5.04. The largest absolute Gasteiger partial charge is 0.504 e. The normalized spacial score (nSPS) is 25.9. The Morgan fingerprint density at radius 2 is 2.33 bits per heavy atom. The van der Waals surface area contributed by atoms with E-state index in [0.29, 0.717) is 11.7 Å². The summed E-state index contributed by atoms with van der Waals surface area (Å²) in [5.74, 6) is 1.87. The molecule has 3 nitrogen and oxygen atoms in total. The van der Waals surface area contributed by atoms with Gasteiger partial charge in [-0.25, -0.2) is 0 Å². The Balaban J connectivity index is 2.08. The first kappa shape index (κ1) is 8.65. The molecule has 3 heteroatoms. The highest BCUT2D eigenvalue weighted by molar-refractivity contribution is 5.54. The summed E-state index contributed by atoms with van der Waals surface area (Å²) >= 11 is 0. The second kappa shape index (κ2) is 2.92. The van der Waals surface area contributed by atoms with Crippen molar-refractivity contribution in [2.24, 2.45) is 0 Å². The Morgan fingerprint density at radius 3 is 3.13 bits per heavy atom. The second-order valence-corrected chi connectivity index (χ2v) is 3.91. The lowest BCUT2D eigenvalue weighted by atomic mass is 9.96. The zero-order chi connectivity index (χ0) is 10.4. The van der Waals surface area contributed by atoms with Crippen LogP contribution in [0.1, 0.15) is 17.9 Å². The molecule has 0 amide bonds. The predicted octanol–water partition coefficient (Wildman–Crippen LogP) is 2.21. The number of rotatable bonds is 1. The van der Waals surface area contributed by atoms with Gasteiger partial charge in [0.1, 0.15) is 11.9 Å². The van der Waals surface area contributed by atoms with Crippen molar-refractivity contribution in [3.63, 3.8) is 0 Å². The summed E-state index contributed by atoms with van der Waals surface area (Å²) in [5.41, 5.74) is 1.09. The standard InChI is InChI=1S/C12H12O3/c1-14-12-6-11-8(5-9(12)13)7-3-2-4-10(7)15-11/h2,4-7,10,13H,3H2,1H3/t7-,10-/m0/s1. The Kier molecular flexibility index (Phi) is 1.69. The monoisotopic (exact) mass is 204 g/mol. The van der Waals surface area contributed by atoms with Crippen LogP contribution in [0.5, 0.6) is 17.2 Å². The fraction of sp³-hybridized carbons (Fsp3) is 0.333. The highest BCUT2D eigenvalue weighted by Gasteiger charge is 2.35. The number of phenols is 1. The Morgan fingerprint density at radius 1 is 1.47 bits per heavy atom. The number of hydrogen-bond donors (Lipinski definition) is 1. The van der Waals surface area contributed by atoms with Gasteiger partial charge in [0.05, 0.1) is 7.11 Å². The van der Waals surface area contributed by atoms with E-state index in [0.717, 1.165) is 17.7 Å². The van der Waals surface area contributed by atoms with Gasteiger partial charge in [-0.2, -0.15) is 0 Å². The second-order valence-electron chi connectivity index (χ2n) is 3.91. The van der Waals surface area contributed by atoms with E-state index in [1.165, 1.54) is 7.11 Å². The van der Waals surface area contributed by atoms with Crippen LogP contribution in [0.3, 0.4) is 0 Å². The fourth-order valence-electron chi connectivity index (χ4n) is 2.32. The summed E-state index contributed by atoms with van der Waals surface area (Å²) in [7, 11) is 1.54. The fourth-order valence-corrected chi connectivity index (χ4v) is 2.32. The van der Waals surface area contributed by atoms with Gasteiger partial charge in [-0.3, -0.25) is 0 Å². The highest BCUT2D eigenvalue weighted by atomic mass is 16.5. The van der Waals surface area contributed by atoms with Crippen molar-refractivity contribution in [2.45, 2.75) is 18.4 Å². The number of phenolic OH excluding ortho intramolecular Hbond substituents is 1. The maximum Gasteiger partial charge on any atom is 0.164 e. The molecule has 3 rings (SSSR count). The maximum absolute atomic E-state index is 9.69. The summed E-state index contributed by atoms with van der Waals surface area (Å²) < 4.78 is 10.8. The summed E-state index contributed by atoms with van der Waals surface area (Å²) in [6.45, 7) is 0. The van der Waals surface area contributed by atoms with Gasteiger partial charge in [-0.1, -0.05) is 6.08 Å². The molecule has 1 N–H and O–H groups in total. The summed E-state index contributed by atoms with van der Waals surface area (Å²) in [6.07, 6.45) is 5.34. The number of ether oxygens (including phenoxy) is 2. The molecule has 0 radical (unpaired) electrons. The molecular formula is C12H12O3. The Bertz CT molecular complexity index is 437. The number of allylic oxidation sites excluding steroid dienone is 1. The molecule has 2 atom stereocenters. The molecule has 0 saturated carbocycles. The van der Waals surface area contributed by atoms with E-state index >= 15 is 0 Å². The summed E-state index contributed by atoms with van der Waals surface area (Å²) in [4.78, 5) is 0. The van der Waals surface area contributed by atoms with Crippen LogP contribution in [-0.4, -0.2) is 18.3 Å². The molecule has 1 aliphatic heterocycles. The number of fused-ring (bicyclic) bond motifs is 3. The van der Waals surface area contributed by atoms with Gasteiger partial charge in [-0.05, 0) is 18.6 Å². The average Bonchev–Trinajstić information content (AvgIpc) is 2.77. The number of hydrogen-bond acceptors (Lipinski definition) is 3. The number of methoxy groups -OCH3 is 1. The topological polar surface area (TPSA) is 38.7 Å². The minimum atomic E-state index is 0.145. The van der Waals surface area contributed by atoms with Gasteiger partial charge in [0.25, 0.3) is 0 Å². The molecular weight excluding hydrogens is 192 g/mol. The molecule has 0 bridgehead atoms. The molecule has 15 heavy (non-hydrogen) atoms. The lowest BCUT2D eigenvalue weighted by Crippen LogP contribution is -2.10. The quantitative estimate of drug-likeness (QED) is 0.713. The van der Waals surface area contributed by atoms with E-state index in [-0.39, 0.29) is 11.9 Å². The van der Waals surface area contributed by atoms with Crippen LogP contribution in [0.4, 0.5) is 0 Å². The lowest BCUT2D eigenvalue weighted by Gasteiger charge is -2.07. The summed E-state index contributed by atoms with van der Waals surface area (Å²) in [5, 5.41) is 9.69. The zero-order valence-electron chi connectivity index (χ0n) is 8.43. The maximum atomic E-state index is 9.69. The molecule has 1 heterocycles. The van der Waals surface area contributed by atoms with Gasteiger partial charge in [0, 0.05) is 17.5 Å². The molecule has 1 aliphatic carbocycles. The Labute approximate surface area is 87.9 Å². The van der Waals surface area contributed by atoms with Gasteiger partial charge in [0.2, 0.25) is 0 Å². The highest BCUT2D eigenvalue weighted by Crippen LogP contribution is 2.47. The van der Waals surface area contributed by atoms with Gasteiger partial charge in [-0.15, -0.1) is 0 Å². The molecule has 0 fully saturated rings. The molecule has 78 valence electrons. The molecule has 0 aromatic heterocycles. The number of aromatic hydroxyl groups is 1. The van der Waals surface area contributed by atoms with Crippen molar-refractivity contribution < 1.29 is 14.6 Å². The minimum Gasteiger partial charge on any atom is -0.504 e. The van der Waals surface area contributed by atoms with E-state index < -0.39 is 0 Å². The van der Waals surface area contributed by atoms with Crippen LogP contribution in [0.2, 0.25) is 0 Å². The SMILES string of the molecule is COc1cc2c(cc1O)[C@@H]1CC=C[C@@H]1O2. The summed E-state index contributed by atoms with van der Waals surface area (Å²) in [6, 6.07) is 3.52. The molecule has 0 unspecified atom stereocenters. The van der Waals surface area contributed by atoms with Crippen molar-refractivity contribution in [1.82, 2.24) is 0 Å². The van der Waals surface area contributed by atoms with Crippen LogP contribution in [-0.2, 0) is 0 Å². The predicted molar refractivity (Wildman–Crippen MR) is 55.6 cm³/mol. The molecule has 2 aliphatic rings. The van der Waals surface area contributed by atoms with Crippen molar-refractivity contribution >= 4 is 0 Å². The van der Waals surface area contributed by atoms with E-state index in [1.54, 1.807) is 12.1 Å². The van der Waals surface area contributed by atoms with E-state index in [1.807, 2.05) is 0 Å². The number of benzene rings is 1. The Hall–Kier alpha value is -1.64. The van der Waals surface area contributed by atoms with Crippen molar-refractivity contribution in [3.05, 3.63) is 29.8 Å². The molecule has 1 aromatic rings. The molecule has 1 aromatic carbocycles. The van der Waals surface area contributed by atoms with Crippen LogP contribution in [0.15, 0.2) is 24.3 Å². The van der Waals surface area contributed by atoms with Crippen molar-refractivity contribution in [3.8, 4) is 17.2 Å². The van der Waals surface area contributed by atoms with E-state index in [4.69, 9.17) is 9.47 Å². The third kappa shape index (κ3) is 1.12. The molecule has 0 saturated heterocycles. The van der Waals surface area contributed by atoms with Gasteiger partial charge < -0.3 is 14.6 Å². The third-order valence-corrected chi connectivity index (χ3v) is 3.09. The minimum absolute atomic E-state index is 0.145. The van der Waals surface area contributed by atoms with Crippen LogP contribution in [0, 0.1) is 0 Å². The van der Waals surface area contributed by atoms with Gasteiger partial charge >= 0.3 is 0 Å².